The molecular formula is C13H24N4O2. The molecule has 6 nitrogen and oxygen atoms in total. The largest absolute Gasteiger partial charge is 0.396 e. The van der Waals surface area contributed by atoms with Crippen molar-refractivity contribution in [3.05, 3.63) is 11.4 Å². The number of rotatable bonds is 5. The number of aliphatic hydroxyl groups is 1. The van der Waals surface area contributed by atoms with Gasteiger partial charge in [0.05, 0.1) is 35.8 Å². The third-order valence-corrected chi connectivity index (χ3v) is 3.85. The maximum atomic E-state index is 10.2. The maximum absolute atomic E-state index is 10.2. The summed E-state index contributed by atoms with van der Waals surface area (Å²) < 4.78 is 7.11. The van der Waals surface area contributed by atoms with Gasteiger partial charge in [0.2, 0.25) is 0 Å². The van der Waals surface area contributed by atoms with Crippen LogP contribution in [0.1, 0.15) is 17.8 Å². The standard InChI is InChI=1S/C13H24N4O2/c1-9-13(14)10(2)17(15-9)7-11(18)6-16-5-4-12(8-16)19-3/h11-12,18H,4-8,14H2,1-3H3. The number of methoxy groups -OCH3 is 1. The molecule has 2 atom stereocenters. The van der Waals surface area contributed by atoms with Crippen molar-refractivity contribution in [2.45, 2.75) is 39.0 Å². The van der Waals surface area contributed by atoms with Crippen LogP contribution in [0.4, 0.5) is 5.69 Å². The van der Waals surface area contributed by atoms with Crippen LogP contribution in [-0.4, -0.2) is 58.7 Å². The smallest absolute Gasteiger partial charge is 0.0862 e. The fourth-order valence-electron chi connectivity index (χ4n) is 2.60. The molecule has 0 amide bonds. The molecule has 0 radical (unpaired) electrons. The van der Waals surface area contributed by atoms with Gasteiger partial charge in [-0.05, 0) is 20.3 Å². The van der Waals surface area contributed by atoms with Crippen molar-refractivity contribution >= 4 is 5.69 Å². The highest BCUT2D eigenvalue weighted by atomic mass is 16.5. The molecule has 1 fully saturated rings. The zero-order valence-corrected chi connectivity index (χ0v) is 12.0. The number of hydrogen-bond acceptors (Lipinski definition) is 5. The van der Waals surface area contributed by atoms with Gasteiger partial charge in [-0.1, -0.05) is 0 Å². The first-order valence-corrected chi connectivity index (χ1v) is 6.74. The summed E-state index contributed by atoms with van der Waals surface area (Å²) in [6, 6.07) is 0. The monoisotopic (exact) mass is 268 g/mol. The summed E-state index contributed by atoms with van der Waals surface area (Å²) in [7, 11) is 1.74. The van der Waals surface area contributed by atoms with Crippen LogP contribution in [0.3, 0.4) is 0 Å². The van der Waals surface area contributed by atoms with E-state index >= 15 is 0 Å². The summed E-state index contributed by atoms with van der Waals surface area (Å²) in [5.41, 5.74) is 8.35. The lowest BCUT2D eigenvalue weighted by Crippen LogP contribution is -2.34. The van der Waals surface area contributed by atoms with Crippen LogP contribution < -0.4 is 5.73 Å². The molecule has 6 heteroatoms. The van der Waals surface area contributed by atoms with Gasteiger partial charge in [0.25, 0.3) is 0 Å². The lowest BCUT2D eigenvalue weighted by atomic mass is 10.3. The highest BCUT2D eigenvalue weighted by Gasteiger charge is 2.24. The number of likely N-dealkylation sites (tertiary alicyclic amines) is 1. The molecule has 108 valence electrons. The SMILES string of the molecule is COC1CCN(CC(O)Cn2nc(C)c(N)c2C)C1. The topological polar surface area (TPSA) is 76.5 Å². The Morgan fingerprint density at radius 2 is 2.21 bits per heavy atom. The van der Waals surface area contributed by atoms with Crippen molar-refractivity contribution in [1.82, 2.24) is 14.7 Å². The summed E-state index contributed by atoms with van der Waals surface area (Å²) in [4.78, 5) is 2.23. The number of nitrogens with two attached hydrogens (primary N) is 1. The Morgan fingerprint density at radius 1 is 1.47 bits per heavy atom. The van der Waals surface area contributed by atoms with Crippen LogP contribution in [-0.2, 0) is 11.3 Å². The Labute approximate surface area is 114 Å². The van der Waals surface area contributed by atoms with Crippen molar-refractivity contribution < 1.29 is 9.84 Å². The minimum Gasteiger partial charge on any atom is -0.396 e. The number of nitrogen functional groups attached to an aromatic ring is 1. The van der Waals surface area contributed by atoms with E-state index in [4.69, 9.17) is 10.5 Å². The molecule has 0 aliphatic carbocycles. The van der Waals surface area contributed by atoms with Gasteiger partial charge in [-0.15, -0.1) is 0 Å². The fraction of sp³-hybridized carbons (Fsp3) is 0.769. The fourth-order valence-corrected chi connectivity index (χ4v) is 2.60. The van der Waals surface area contributed by atoms with E-state index in [0.29, 0.717) is 24.9 Å². The molecule has 2 unspecified atom stereocenters. The van der Waals surface area contributed by atoms with Gasteiger partial charge in [0, 0.05) is 26.7 Å². The molecule has 0 bridgehead atoms. The number of aliphatic hydroxyl groups excluding tert-OH is 1. The average molecular weight is 268 g/mol. The van der Waals surface area contributed by atoms with Crippen LogP contribution in [0, 0.1) is 13.8 Å². The zero-order valence-electron chi connectivity index (χ0n) is 12.0. The first-order valence-electron chi connectivity index (χ1n) is 6.74. The van der Waals surface area contributed by atoms with E-state index in [-0.39, 0.29) is 0 Å². The maximum Gasteiger partial charge on any atom is 0.0862 e. The molecule has 2 heterocycles. The Bertz CT molecular complexity index is 433. The molecular weight excluding hydrogens is 244 g/mol. The number of hydrogen-bond donors (Lipinski definition) is 2. The number of ether oxygens (including phenoxy) is 1. The Morgan fingerprint density at radius 3 is 2.74 bits per heavy atom. The predicted molar refractivity (Wildman–Crippen MR) is 74.0 cm³/mol. The van der Waals surface area contributed by atoms with Crippen LogP contribution in [0.15, 0.2) is 0 Å². The molecule has 0 saturated carbocycles. The molecule has 1 aromatic rings. The van der Waals surface area contributed by atoms with Crippen LogP contribution in [0.5, 0.6) is 0 Å². The molecule has 1 aliphatic rings. The summed E-state index contributed by atoms with van der Waals surface area (Å²) in [6.45, 7) is 6.82. The van der Waals surface area contributed by atoms with Gasteiger partial charge >= 0.3 is 0 Å². The zero-order chi connectivity index (χ0) is 14.0. The highest BCUT2D eigenvalue weighted by molar-refractivity contribution is 5.46. The van der Waals surface area contributed by atoms with Crippen molar-refractivity contribution in [1.29, 1.82) is 0 Å². The van der Waals surface area contributed by atoms with Gasteiger partial charge < -0.3 is 15.6 Å². The predicted octanol–water partition coefficient (Wildman–Crippen LogP) is 0.164. The van der Waals surface area contributed by atoms with E-state index in [1.165, 1.54) is 0 Å². The number of aryl methyl sites for hydroxylation is 1. The van der Waals surface area contributed by atoms with Crippen LogP contribution in [0.25, 0.3) is 0 Å². The van der Waals surface area contributed by atoms with Gasteiger partial charge in [-0.3, -0.25) is 9.58 Å². The normalized spacial score (nSPS) is 22.0. The third-order valence-electron chi connectivity index (χ3n) is 3.85. The van der Waals surface area contributed by atoms with Gasteiger partial charge in [-0.2, -0.15) is 5.10 Å². The van der Waals surface area contributed by atoms with Gasteiger partial charge in [-0.25, -0.2) is 0 Å². The summed E-state index contributed by atoms with van der Waals surface area (Å²) in [5.74, 6) is 0. The van der Waals surface area contributed by atoms with E-state index in [2.05, 4.69) is 10.00 Å². The summed E-state index contributed by atoms with van der Waals surface area (Å²) in [6.07, 6.45) is 0.903. The summed E-state index contributed by atoms with van der Waals surface area (Å²) >= 11 is 0. The van der Waals surface area contributed by atoms with Gasteiger partial charge in [0.15, 0.2) is 0 Å². The number of β-amino-alcohol motifs (C(OH)–C–C–N with tert-alkyl or cyclic N) is 1. The molecule has 1 saturated heterocycles. The minimum atomic E-state index is -0.437. The third kappa shape index (κ3) is 3.26. The van der Waals surface area contributed by atoms with Crippen LogP contribution >= 0.6 is 0 Å². The lowest BCUT2D eigenvalue weighted by Gasteiger charge is -2.20. The Hall–Kier alpha value is -1.11. The second-order valence-corrected chi connectivity index (χ2v) is 5.33. The van der Waals surface area contributed by atoms with E-state index in [0.717, 1.165) is 30.9 Å². The minimum absolute atomic E-state index is 0.302. The number of nitrogens with zero attached hydrogens (tertiary/aromatic N) is 3. The van der Waals surface area contributed by atoms with Crippen molar-refractivity contribution in [2.75, 3.05) is 32.5 Å². The molecule has 1 aromatic heterocycles. The number of anilines is 1. The molecule has 0 spiro atoms. The molecule has 3 N–H and O–H groups in total. The molecule has 0 aromatic carbocycles. The quantitative estimate of drug-likeness (QED) is 0.796. The highest BCUT2D eigenvalue weighted by Crippen LogP contribution is 2.16. The van der Waals surface area contributed by atoms with Gasteiger partial charge in [0.1, 0.15) is 0 Å². The van der Waals surface area contributed by atoms with E-state index in [1.54, 1.807) is 11.8 Å². The molecule has 1 aliphatic heterocycles. The second-order valence-electron chi connectivity index (χ2n) is 5.33. The first kappa shape index (κ1) is 14.3. The Balaban J connectivity index is 1.87. The van der Waals surface area contributed by atoms with Crippen molar-refractivity contribution in [3.63, 3.8) is 0 Å². The molecule has 2 rings (SSSR count). The van der Waals surface area contributed by atoms with Crippen molar-refractivity contribution in [2.24, 2.45) is 0 Å². The molecule has 19 heavy (non-hydrogen) atoms. The average Bonchev–Trinajstić information content (AvgIpc) is 2.91. The Kier molecular flexibility index (Phi) is 4.44. The van der Waals surface area contributed by atoms with E-state index in [1.807, 2.05) is 13.8 Å². The second kappa shape index (κ2) is 5.90. The number of aromatic nitrogens is 2. The van der Waals surface area contributed by atoms with Crippen LogP contribution in [0.2, 0.25) is 0 Å². The first-order chi connectivity index (χ1) is 9.01. The summed E-state index contributed by atoms with van der Waals surface area (Å²) in [5, 5.41) is 14.5. The van der Waals surface area contributed by atoms with Crippen molar-refractivity contribution in [3.8, 4) is 0 Å². The lowest BCUT2D eigenvalue weighted by molar-refractivity contribution is 0.0816. The van der Waals surface area contributed by atoms with E-state index in [9.17, 15) is 5.11 Å². The van der Waals surface area contributed by atoms with E-state index < -0.39 is 6.10 Å².